The van der Waals surface area contributed by atoms with E-state index < -0.39 is 40.3 Å². The average Bonchev–Trinajstić information content (AvgIpc) is 3.38. The summed E-state index contributed by atoms with van der Waals surface area (Å²) in [5.74, 6) is -1.25. The molecule has 13 heteroatoms. The van der Waals surface area contributed by atoms with Crippen LogP contribution in [0.5, 0.6) is 0 Å². The number of anilines is 2. The Hall–Kier alpha value is -3.19. The minimum Gasteiger partial charge on any atom is -0.356 e. The van der Waals surface area contributed by atoms with Crippen LogP contribution in [0.15, 0.2) is 47.2 Å². The fourth-order valence-electron chi connectivity index (χ4n) is 4.66. The lowest BCUT2D eigenvalue weighted by Crippen LogP contribution is -2.35. The van der Waals surface area contributed by atoms with E-state index in [1.807, 2.05) is 4.90 Å². The van der Waals surface area contributed by atoms with Crippen molar-refractivity contribution >= 4 is 38.8 Å². The molecule has 0 radical (unpaired) electrons. The van der Waals surface area contributed by atoms with Crippen molar-refractivity contribution in [3.8, 4) is 0 Å². The highest BCUT2D eigenvalue weighted by Crippen LogP contribution is 2.31. The molecule has 2 N–H and O–H groups in total. The average molecular weight is 599 g/mol. The number of halogens is 4. The second kappa shape index (κ2) is 12.1. The van der Waals surface area contributed by atoms with E-state index in [-0.39, 0.29) is 17.9 Å². The Kier molecular flexibility index (Phi) is 9.03. The molecule has 1 aromatic carbocycles. The van der Waals surface area contributed by atoms with Crippen LogP contribution >= 0.6 is 11.3 Å². The van der Waals surface area contributed by atoms with Gasteiger partial charge in [-0.25, -0.2) is 17.8 Å². The number of carbonyl (C=O) groups excluding carboxylic acids is 1. The van der Waals surface area contributed by atoms with Crippen LogP contribution < -0.4 is 14.9 Å². The number of benzene rings is 1. The Labute approximate surface area is 234 Å². The molecule has 3 heterocycles. The molecule has 3 aromatic rings. The topological polar surface area (TPSA) is 91.4 Å². The number of nitrogens with zero attached hydrogens (tertiary/aromatic N) is 2. The number of pyridine rings is 1. The van der Waals surface area contributed by atoms with Gasteiger partial charge in [0, 0.05) is 25.2 Å². The van der Waals surface area contributed by atoms with Gasteiger partial charge in [-0.2, -0.15) is 24.5 Å². The van der Waals surface area contributed by atoms with Crippen LogP contribution in [-0.2, 0) is 27.8 Å². The molecular formula is C27H30F4N4O3S2. The molecule has 0 spiro atoms. The van der Waals surface area contributed by atoms with Gasteiger partial charge in [-0.1, -0.05) is 19.1 Å². The quantitative estimate of drug-likeness (QED) is 0.320. The van der Waals surface area contributed by atoms with Crippen LogP contribution in [0.3, 0.4) is 0 Å². The summed E-state index contributed by atoms with van der Waals surface area (Å²) in [7, 11) is -3.70. The van der Waals surface area contributed by atoms with Gasteiger partial charge in [-0.05, 0) is 64.9 Å². The molecule has 216 valence electrons. The Morgan fingerprint density at radius 3 is 2.48 bits per heavy atom. The predicted octanol–water partition coefficient (Wildman–Crippen LogP) is 5.44. The van der Waals surface area contributed by atoms with Crippen molar-refractivity contribution in [2.24, 2.45) is 5.92 Å². The van der Waals surface area contributed by atoms with E-state index in [0.29, 0.717) is 41.5 Å². The standard InChI is InChI=1S/C27H30F4N4O3S2/c1-17-7-10-35(11-8-17)25-19(3-5-21(33-25)14-27(29,30)31)15-32-26(36)24(20-9-12-39-16-20)18-4-6-23(22(28)13-18)34-40(2,37)38/h3-6,9,12-13,16-17,24,34H,7-8,10-11,14-15H2,1-2H3,(H,32,36). The van der Waals surface area contributed by atoms with Crippen molar-refractivity contribution in [2.45, 2.75) is 44.8 Å². The third kappa shape index (κ3) is 7.94. The van der Waals surface area contributed by atoms with Crippen molar-refractivity contribution < 1.29 is 30.8 Å². The molecule has 0 saturated carbocycles. The lowest BCUT2D eigenvalue weighted by Gasteiger charge is -2.33. The molecule has 0 aliphatic carbocycles. The predicted molar refractivity (Wildman–Crippen MR) is 147 cm³/mol. The van der Waals surface area contributed by atoms with Crippen molar-refractivity contribution in [1.29, 1.82) is 0 Å². The van der Waals surface area contributed by atoms with Gasteiger partial charge in [0.05, 0.1) is 30.0 Å². The van der Waals surface area contributed by atoms with Crippen molar-refractivity contribution in [3.05, 3.63) is 75.4 Å². The number of sulfonamides is 1. The number of hydrogen-bond donors (Lipinski definition) is 2. The highest BCUT2D eigenvalue weighted by molar-refractivity contribution is 7.92. The molecule has 1 atom stereocenters. The second-order valence-corrected chi connectivity index (χ2v) is 12.6. The van der Waals surface area contributed by atoms with Gasteiger partial charge in [0.2, 0.25) is 15.9 Å². The largest absolute Gasteiger partial charge is 0.394 e. The van der Waals surface area contributed by atoms with Gasteiger partial charge in [0.25, 0.3) is 0 Å². The maximum absolute atomic E-state index is 14.8. The van der Waals surface area contributed by atoms with Crippen molar-refractivity contribution in [3.63, 3.8) is 0 Å². The summed E-state index contributed by atoms with van der Waals surface area (Å²) in [6.07, 6.45) is -2.87. The van der Waals surface area contributed by atoms with Gasteiger partial charge >= 0.3 is 6.18 Å². The summed E-state index contributed by atoms with van der Waals surface area (Å²) in [5.41, 5.74) is 1.19. The Morgan fingerprint density at radius 2 is 1.88 bits per heavy atom. The maximum atomic E-state index is 14.8. The number of hydrogen-bond acceptors (Lipinski definition) is 6. The number of nitrogens with one attached hydrogen (secondary N) is 2. The van der Waals surface area contributed by atoms with Crippen LogP contribution in [0.2, 0.25) is 0 Å². The fraction of sp³-hybridized carbons (Fsp3) is 0.407. The number of piperidine rings is 1. The fourth-order valence-corrected chi connectivity index (χ4v) is 5.92. The first kappa shape index (κ1) is 29.8. The van der Waals surface area contributed by atoms with E-state index in [4.69, 9.17) is 0 Å². The van der Waals surface area contributed by atoms with Crippen LogP contribution in [-0.4, -0.2) is 44.8 Å². The molecule has 40 heavy (non-hydrogen) atoms. The molecule has 1 aliphatic rings. The summed E-state index contributed by atoms with van der Waals surface area (Å²) >= 11 is 1.36. The molecule has 1 saturated heterocycles. The van der Waals surface area contributed by atoms with Crippen LogP contribution in [0.1, 0.15) is 48.1 Å². The van der Waals surface area contributed by atoms with Crippen molar-refractivity contribution in [1.82, 2.24) is 10.3 Å². The van der Waals surface area contributed by atoms with E-state index in [1.165, 1.54) is 29.5 Å². The molecule has 2 aromatic heterocycles. The van der Waals surface area contributed by atoms with Gasteiger partial charge in [-0.3, -0.25) is 9.52 Å². The normalized spacial score (nSPS) is 15.6. The Morgan fingerprint density at radius 1 is 1.15 bits per heavy atom. The summed E-state index contributed by atoms with van der Waals surface area (Å²) in [6.45, 7) is 3.43. The zero-order valence-corrected chi connectivity index (χ0v) is 23.6. The Bertz CT molecular complexity index is 1440. The molecule has 7 nitrogen and oxygen atoms in total. The number of carbonyl (C=O) groups is 1. The number of thiophene rings is 1. The first-order valence-corrected chi connectivity index (χ1v) is 15.5. The van der Waals surface area contributed by atoms with E-state index in [1.54, 1.807) is 22.9 Å². The molecule has 4 rings (SSSR count). The number of rotatable bonds is 9. The van der Waals surface area contributed by atoms with Gasteiger partial charge < -0.3 is 10.2 Å². The highest BCUT2D eigenvalue weighted by Gasteiger charge is 2.30. The Balaban J connectivity index is 1.59. The smallest absolute Gasteiger partial charge is 0.356 e. The molecule has 1 fully saturated rings. The van der Waals surface area contributed by atoms with Crippen LogP contribution in [0, 0.1) is 11.7 Å². The molecule has 1 amide bonds. The third-order valence-corrected chi connectivity index (χ3v) is 7.98. The SMILES string of the molecule is CC1CCN(c2nc(CC(F)(F)F)ccc2CNC(=O)C(c2ccsc2)c2ccc(NS(C)(=O)=O)c(F)c2)CC1. The maximum Gasteiger partial charge on any atom is 0.394 e. The number of alkyl halides is 3. The van der Waals surface area contributed by atoms with Crippen molar-refractivity contribution in [2.75, 3.05) is 29.0 Å². The summed E-state index contributed by atoms with van der Waals surface area (Å²) in [6, 6.07) is 8.48. The van der Waals surface area contributed by atoms with E-state index in [2.05, 4.69) is 21.9 Å². The number of aromatic nitrogens is 1. The van der Waals surface area contributed by atoms with Crippen LogP contribution in [0.4, 0.5) is 29.1 Å². The van der Waals surface area contributed by atoms with E-state index in [9.17, 15) is 30.8 Å². The van der Waals surface area contributed by atoms with Gasteiger partial charge in [-0.15, -0.1) is 0 Å². The minimum atomic E-state index is -4.40. The molecule has 0 bridgehead atoms. The monoisotopic (exact) mass is 598 g/mol. The minimum absolute atomic E-state index is 0.0103. The van der Waals surface area contributed by atoms with E-state index >= 15 is 0 Å². The highest BCUT2D eigenvalue weighted by atomic mass is 32.2. The lowest BCUT2D eigenvalue weighted by atomic mass is 9.92. The lowest BCUT2D eigenvalue weighted by molar-refractivity contribution is -0.127. The van der Waals surface area contributed by atoms with Gasteiger partial charge in [0.15, 0.2) is 0 Å². The third-order valence-electron chi connectivity index (χ3n) is 6.69. The number of amides is 1. The zero-order valence-electron chi connectivity index (χ0n) is 22.0. The summed E-state index contributed by atoms with van der Waals surface area (Å²) in [4.78, 5) is 19.8. The summed E-state index contributed by atoms with van der Waals surface area (Å²) in [5, 5.41) is 6.40. The van der Waals surface area contributed by atoms with Gasteiger partial charge in [0.1, 0.15) is 11.6 Å². The first-order chi connectivity index (χ1) is 18.8. The molecule has 1 unspecified atom stereocenters. The summed E-state index contributed by atoms with van der Waals surface area (Å²) < 4.78 is 79.2. The molecular weight excluding hydrogens is 568 g/mol. The molecule has 1 aliphatic heterocycles. The zero-order chi connectivity index (χ0) is 29.1. The van der Waals surface area contributed by atoms with Crippen LogP contribution in [0.25, 0.3) is 0 Å². The first-order valence-electron chi connectivity index (χ1n) is 12.7. The second-order valence-electron chi connectivity index (χ2n) is 10.1. The van der Waals surface area contributed by atoms with E-state index in [0.717, 1.165) is 25.2 Å².